The molecular weight excluding hydrogens is 274 g/mol. The molecule has 0 spiro atoms. The van der Waals surface area contributed by atoms with Crippen LogP contribution in [-0.4, -0.2) is 59.2 Å². The summed E-state index contributed by atoms with van der Waals surface area (Å²) in [5.74, 6) is -0.470. The van der Waals surface area contributed by atoms with Crippen molar-refractivity contribution in [1.82, 2.24) is 14.9 Å². The van der Waals surface area contributed by atoms with Gasteiger partial charge in [0.15, 0.2) is 0 Å². The molecule has 2 amide bonds. The molecule has 21 heavy (non-hydrogen) atoms. The minimum Gasteiger partial charge on any atom is -0.481 e. The third-order valence-corrected chi connectivity index (χ3v) is 3.38. The first-order valence-corrected chi connectivity index (χ1v) is 6.76. The highest BCUT2D eigenvalue weighted by atomic mass is 16.4. The van der Waals surface area contributed by atoms with Crippen molar-refractivity contribution in [3.63, 3.8) is 0 Å². The van der Waals surface area contributed by atoms with E-state index in [2.05, 4.69) is 15.3 Å². The van der Waals surface area contributed by atoms with E-state index in [1.165, 1.54) is 4.90 Å². The van der Waals surface area contributed by atoms with E-state index in [4.69, 9.17) is 5.11 Å². The first kappa shape index (κ1) is 15.0. The van der Waals surface area contributed by atoms with Crippen LogP contribution >= 0.6 is 0 Å². The first-order valence-electron chi connectivity index (χ1n) is 6.76. The number of carboxylic acids is 1. The number of piperidine rings is 1. The van der Waals surface area contributed by atoms with Crippen molar-refractivity contribution in [1.29, 1.82) is 0 Å². The lowest BCUT2D eigenvalue weighted by molar-refractivity contribution is -0.143. The monoisotopic (exact) mass is 293 g/mol. The second kappa shape index (κ2) is 6.38. The average molecular weight is 293 g/mol. The van der Waals surface area contributed by atoms with Gasteiger partial charge in [0.05, 0.1) is 5.92 Å². The summed E-state index contributed by atoms with van der Waals surface area (Å²) < 4.78 is 0. The summed E-state index contributed by atoms with van der Waals surface area (Å²) in [6, 6.07) is 1.37. The Hall–Kier alpha value is -2.38. The fourth-order valence-electron chi connectivity index (χ4n) is 2.20. The van der Waals surface area contributed by atoms with Crippen molar-refractivity contribution >= 4 is 23.8 Å². The highest BCUT2D eigenvalue weighted by molar-refractivity contribution is 5.88. The summed E-state index contributed by atoms with van der Waals surface area (Å²) in [4.78, 5) is 34.7. The van der Waals surface area contributed by atoms with Crippen molar-refractivity contribution < 1.29 is 14.7 Å². The third-order valence-electron chi connectivity index (χ3n) is 3.38. The predicted octanol–water partition coefficient (Wildman–Crippen LogP) is 0.871. The maximum absolute atomic E-state index is 12.1. The van der Waals surface area contributed by atoms with Crippen LogP contribution in [0.2, 0.25) is 0 Å². The van der Waals surface area contributed by atoms with Crippen LogP contribution < -0.4 is 10.2 Å². The number of urea groups is 1. The minimum atomic E-state index is -0.863. The van der Waals surface area contributed by atoms with Gasteiger partial charge in [-0.05, 0) is 18.9 Å². The SMILES string of the molecule is CN(C)c1ccnc(NC(=O)N2CCCC(C(=O)O)C2)n1. The molecule has 2 N–H and O–H groups in total. The Kier molecular flexibility index (Phi) is 4.56. The standard InChI is InChI=1S/C13H19N5O3/c1-17(2)10-5-6-14-12(15-10)16-13(21)18-7-3-4-9(8-18)11(19)20/h5-6,9H,3-4,7-8H2,1-2H3,(H,19,20)(H,14,15,16,21). The van der Waals surface area contributed by atoms with Crippen LogP contribution in [-0.2, 0) is 4.79 Å². The number of nitrogens with one attached hydrogen (secondary N) is 1. The van der Waals surface area contributed by atoms with Crippen LogP contribution in [0.4, 0.5) is 16.6 Å². The molecule has 0 radical (unpaired) electrons. The Bertz CT molecular complexity index is 534. The van der Waals surface area contributed by atoms with Gasteiger partial charge in [-0.3, -0.25) is 10.1 Å². The van der Waals surface area contributed by atoms with Gasteiger partial charge in [-0.2, -0.15) is 4.98 Å². The van der Waals surface area contributed by atoms with Gasteiger partial charge < -0.3 is 14.9 Å². The molecule has 0 bridgehead atoms. The van der Waals surface area contributed by atoms with E-state index in [0.29, 0.717) is 25.2 Å². The van der Waals surface area contributed by atoms with E-state index in [1.807, 2.05) is 14.1 Å². The molecule has 8 nitrogen and oxygen atoms in total. The molecule has 1 aliphatic heterocycles. The number of amides is 2. The number of hydrogen-bond acceptors (Lipinski definition) is 5. The molecule has 1 fully saturated rings. The molecule has 1 aromatic heterocycles. The predicted molar refractivity (Wildman–Crippen MR) is 77.3 cm³/mol. The highest BCUT2D eigenvalue weighted by Gasteiger charge is 2.28. The molecule has 2 heterocycles. The van der Waals surface area contributed by atoms with E-state index in [0.717, 1.165) is 0 Å². The Labute approximate surface area is 122 Å². The topological polar surface area (TPSA) is 98.7 Å². The van der Waals surface area contributed by atoms with Gasteiger partial charge in [0.25, 0.3) is 0 Å². The lowest BCUT2D eigenvalue weighted by atomic mass is 9.99. The Morgan fingerprint density at radius 3 is 2.90 bits per heavy atom. The maximum Gasteiger partial charge on any atom is 0.324 e. The fraction of sp³-hybridized carbons (Fsp3) is 0.538. The highest BCUT2D eigenvalue weighted by Crippen LogP contribution is 2.17. The lowest BCUT2D eigenvalue weighted by Gasteiger charge is -2.30. The number of hydrogen-bond donors (Lipinski definition) is 2. The van der Waals surface area contributed by atoms with Gasteiger partial charge in [0, 0.05) is 33.4 Å². The van der Waals surface area contributed by atoms with Crippen LogP contribution in [0.5, 0.6) is 0 Å². The normalized spacial score (nSPS) is 18.2. The number of likely N-dealkylation sites (tertiary alicyclic amines) is 1. The van der Waals surface area contributed by atoms with Crippen LogP contribution in [0.25, 0.3) is 0 Å². The van der Waals surface area contributed by atoms with Gasteiger partial charge >= 0.3 is 12.0 Å². The summed E-state index contributed by atoms with van der Waals surface area (Å²) in [6.07, 6.45) is 2.85. The summed E-state index contributed by atoms with van der Waals surface area (Å²) in [7, 11) is 3.69. The van der Waals surface area contributed by atoms with Gasteiger partial charge in [0.1, 0.15) is 5.82 Å². The number of anilines is 2. The van der Waals surface area contributed by atoms with E-state index in [-0.39, 0.29) is 18.5 Å². The van der Waals surface area contributed by atoms with E-state index in [1.54, 1.807) is 17.2 Å². The van der Waals surface area contributed by atoms with Crippen LogP contribution in [0.1, 0.15) is 12.8 Å². The van der Waals surface area contributed by atoms with Crippen molar-refractivity contribution in [2.24, 2.45) is 5.92 Å². The maximum atomic E-state index is 12.1. The molecule has 1 aliphatic rings. The van der Waals surface area contributed by atoms with Crippen LogP contribution in [0.3, 0.4) is 0 Å². The largest absolute Gasteiger partial charge is 0.481 e. The van der Waals surface area contributed by atoms with Crippen molar-refractivity contribution in [2.75, 3.05) is 37.4 Å². The number of aliphatic carboxylic acids is 1. The van der Waals surface area contributed by atoms with E-state index >= 15 is 0 Å². The number of carbonyl (C=O) groups excluding carboxylic acids is 1. The Morgan fingerprint density at radius 2 is 2.24 bits per heavy atom. The van der Waals surface area contributed by atoms with Gasteiger partial charge in [-0.25, -0.2) is 9.78 Å². The van der Waals surface area contributed by atoms with Crippen molar-refractivity contribution in [3.05, 3.63) is 12.3 Å². The molecule has 114 valence electrons. The number of carbonyl (C=O) groups is 2. The molecule has 2 rings (SSSR count). The van der Waals surface area contributed by atoms with Crippen molar-refractivity contribution in [2.45, 2.75) is 12.8 Å². The zero-order valence-electron chi connectivity index (χ0n) is 12.1. The van der Waals surface area contributed by atoms with Crippen LogP contribution in [0, 0.1) is 5.92 Å². The quantitative estimate of drug-likeness (QED) is 0.858. The lowest BCUT2D eigenvalue weighted by Crippen LogP contribution is -2.44. The summed E-state index contributed by atoms with van der Waals surface area (Å²) in [5.41, 5.74) is 0. The molecule has 1 unspecified atom stereocenters. The van der Waals surface area contributed by atoms with Crippen molar-refractivity contribution in [3.8, 4) is 0 Å². The van der Waals surface area contributed by atoms with Gasteiger partial charge in [0.2, 0.25) is 5.95 Å². The molecule has 1 atom stereocenters. The van der Waals surface area contributed by atoms with Gasteiger partial charge in [-0.15, -0.1) is 0 Å². The molecule has 0 saturated carbocycles. The number of carboxylic acid groups (broad SMARTS) is 1. The summed E-state index contributed by atoms with van der Waals surface area (Å²) in [5, 5.41) is 11.6. The average Bonchev–Trinajstić information content (AvgIpc) is 2.47. The minimum absolute atomic E-state index is 0.212. The number of aromatic nitrogens is 2. The van der Waals surface area contributed by atoms with Crippen LogP contribution in [0.15, 0.2) is 12.3 Å². The van der Waals surface area contributed by atoms with E-state index < -0.39 is 11.9 Å². The Balaban J connectivity index is 2.01. The second-order valence-corrected chi connectivity index (χ2v) is 5.19. The Morgan fingerprint density at radius 1 is 1.48 bits per heavy atom. The molecule has 1 saturated heterocycles. The fourth-order valence-corrected chi connectivity index (χ4v) is 2.20. The third kappa shape index (κ3) is 3.80. The van der Waals surface area contributed by atoms with E-state index in [9.17, 15) is 9.59 Å². The number of nitrogens with zero attached hydrogens (tertiary/aromatic N) is 4. The second-order valence-electron chi connectivity index (χ2n) is 5.19. The smallest absolute Gasteiger partial charge is 0.324 e. The summed E-state index contributed by atoms with van der Waals surface area (Å²) >= 11 is 0. The number of rotatable bonds is 3. The zero-order chi connectivity index (χ0) is 15.4. The molecule has 8 heteroatoms. The molecular formula is C13H19N5O3. The molecule has 1 aromatic rings. The van der Waals surface area contributed by atoms with Gasteiger partial charge in [-0.1, -0.05) is 0 Å². The first-order chi connectivity index (χ1) is 9.97. The zero-order valence-corrected chi connectivity index (χ0v) is 12.1. The molecule has 0 aliphatic carbocycles. The molecule has 0 aromatic carbocycles. The summed E-state index contributed by atoms with van der Waals surface area (Å²) in [6.45, 7) is 0.761.